The summed E-state index contributed by atoms with van der Waals surface area (Å²) in [7, 11) is 0. The number of aryl methyl sites for hydroxylation is 2. The zero-order chi connectivity index (χ0) is 20.4. The molecule has 0 atom stereocenters. The number of nitrogens with one attached hydrogen (secondary N) is 1. The van der Waals surface area contributed by atoms with Crippen LogP contribution in [0.4, 0.5) is 5.13 Å². The zero-order valence-electron chi connectivity index (χ0n) is 16.5. The van der Waals surface area contributed by atoms with E-state index in [2.05, 4.69) is 69.0 Å². The average Bonchev–Trinajstić information content (AvgIpc) is 3.29. The maximum Gasteiger partial charge on any atom is 0.277 e. The first-order chi connectivity index (χ1) is 14.0. The minimum absolute atomic E-state index is 0.272. The SMILES string of the molecule is Cc1cnc(C(=O)Nc2nc(-c3cc(C)n(Cc4ccccc4)c3C)cs2)cn1. The van der Waals surface area contributed by atoms with Gasteiger partial charge in [-0.25, -0.2) is 9.97 Å². The Hall–Kier alpha value is -3.32. The van der Waals surface area contributed by atoms with Crippen LogP contribution < -0.4 is 5.32 Å². The molecule has 0 saturated heterocycles. The summed E-state index contributed by atoms with van der Waals surface area (Å²) in [5, 5.41) is 5.31. The van der Waals surface area contributed by atoms with Crippen molar-refractivity contribution in [2.45, 2.75) is 27.3 Å². The molecule has 0 spiro atoms. The second-order valence-corrected chi connectivity index (χ2v) is 7.75. The Morgan fingerprint density at radius 1 is 1.10 bits per heavy atom. The first kappa shape index (κ1) is 19.0. The van der Waals surface area contributed by atoms with Gasteiger partial charge in [-0.3, -0.25) is 15.1 Å². The van der Waals surface area contributed by atoms with E-state index in [1.165, 1.54) is 28.8 Å². The molecule has 0 bridgehead atoms. The number of hydrogen-bond donors (Lipinski definition) is 1. The van der Waals surface area contributed by atoms with Crippen LogP contribution in [0.25, 0.3) is 11.3 Å². The summed E-state index contributed by atoms with van der Waals surface area (Å²) < 4.78 is 2.28. The molecule has 0 aliphatic rings. The van der Waals surface area contributed by atoms with Crippen LogP contribution in [0.3, 0.4) is 0 Å². The normalized spacial score (nSPS) is 10.9. The number of aromatic nitrogens is 4. The van der Waals surface area contributed by atoms with Gasteiger partial charge >= 0.3 is 0 Å². The first-order valence-electron chi connectivity index (χ1n) is 9.28. The molecule has 7 heteroatoms. The number of carbonyl (C=O) groups excluding carboxylic acids is 1. The van der Waals surface area contributed by atoms with E-state index in [1.807, 2.05) is 18.4 Å². The Balaban J connectivity index is 1.54. The van der Waals surface area contributed by atoms with E-state index in [9.17, 15) is 4.79 Å². The van der Waals surface area contributed by atoms with Crippen molar-refractivity contribution in [3.05, 3.63) is 82.5 Å². The number of anilines is 1. The van der Waals surface area contributed by atoms with Crippen molar-refractivity contribution in [1.29, 1.82) is 0 Å². The molecule has 146 valence electrons. The smallest absolute Gasteiger partial charge is 0.277 e. The molecule has 3 heterocycles. The molecule has 3 aromatic heterocycles. The van der Waals surface area contributed by atoms with Crippen LogP contribution in [0, 0.1) is 20.8 Å². The third-order valence-corrected chi connectivity index (χ3v) is 5.53. The lowest BCUT2D eigenvalue weighted by Crippen LogP contribution is -2.14. The van der Waals surface area contributed by atoms with Crippen LogP contribution in [-0.4, -0.2) is 25.4 Å². The minimum atomic E-state index is -0.312. The fourth-order valence-electron chi connectivity index (χ4n) is 3.20. The van der Waals surface area contributed by atoms with E-state index in [0.717, 1.165) is 29.2 Å². The maximum absolute atomic E-state index is 12.3. The molecule has 29 heavy (non-hydrogen) atoms. The van der Waals surface area contributed by atoms with Gasteiger partial charge in [-0.15, -0.1) is 11.3 Å². The van der Waals surface area contributed by atoms with Gasteiger partial charge in [0.25, 0.3) is 5.91 Å². The van der Waals surface area contributed by atoms with Gasteiger partial charge in [-0.2, -0.15) is 0 Å². The Labute approximate surface area is 173 Å². The molecular weight excluding hydrogens is 382 g/mol. The number of benzene rings is 1. The lowest BCUT2D eigenvalue weighted by Gasteiger charge is -2.09. The maximum atomic E-state index is 12.3. The second-order valence-electron chi connectivity index (χ2n) is 6.89. The van der Waals surface area contributed by atoms with Gasteiger partial charge in [0.1, 0.15) is 5.69 Å². The van der Waals surface area contributed by atoms with Crippen LogP contribution in [0.1, 0.15) is 33.1 Å². The van der Waals surface area contributed by atoms with Crippen LogP contribution in [0.15, 0.2) is 54.2 Å². The largest absolute Gasteiger partial charge is 0.344 e. The summed E-state index contributed by atoms with van der Waals surface area (Å²) in [6.45, 7) is 6.85. The number of rotatable bonds is 5. The Morgan fingerprint density at radius 3 is 2.62 bits per heavy atom. The third-order valence-electron chi connectivity index (χ3n) is 4.77. The molecule has 0 fully saturated rings. The van der Waals surface area contributed by atoms with Gasteiger partial charge in [0, 0.05) is 35.1 Å². The Bertz CT molecular complexity index is 1150. The average molecular weight is 404 g/mol. The Morgan fingerprint density at radius 2 is 1.90 bits per heavy atom. The van der Waals surface area contributed by atoms with Crippen molar-refractivity contribution in [2.24, 2.45) is 0 Å². The lowest BCUT2D eigenvalue weighted by molar-refractivity contribution is 0.102. The predicted molar refractivity (Wildman–Crippen MR) is 115 cm³/mol. The topological polar surface area (TPSA) is 72.7 Å². The number of amides is 1. The van der Waals surface area contributed by atoms with Crippen LogP contribution >= 0.6 is 11.3 Å². The van der Waals surface area contributed by atoms with E-state index in [0.29, 0.717) is 5.13 Å². The molecule has 1 aromatic carbocycles. The van der Waals surface area contributed by atoms with Crippen molar-refractivity contribution in [3.63, 3.8) is 0 Å². The predicted octanol–water partition coefficient (Wildman–Crippen LogP) is 4.63. The zero-order valence-corrected chi connectivity index (χ0v) is 17.3. The highest BCUT2D eigenvalue weighted by molar-refractivity contribution is 7.14. The van der Waals surface area contributed by atoms with Crippen molar-refractivity contribution in [2.75, 3.05) is 5.32 Å². The molecular formula is C22H21N5OS. The number of nitrogens with zero attached hydrogens (tertiary/aromatic N) is 4. The standard InChI is InChI=1S/C22H21N5OS/c1-14-10-24-19(11-23-14)21(28)26-22-25-20(13-29-22)18-9-15(2)27(16(18)3)12-17-7-5-4-6-8-17/h4-11,13H,12H2,1-3H3,(H,25,26,28). The van der Waals surface area contributed by atoms with Gasteiger partial charge in [-0.05, 0) is 32.4 Å². The van der Waals surface area contributed by atoms with Gasteiger partial charge in [0.15, 0.2) is 5.13 Å². The highest BCUT2D eigenvalue weighted by Gasteiger charge is 2.16. The molecule has 0 aliphatic carbocycles. The molecule has 0 aliphatic heterocycles. The van der Waals surface area contributed by atoms with Crippen molar-refractivity contribution >= 4 is 22.4 Å². The minimum Gasteiger partial charge on any atom is -0.344 e. The van der Waals surface area contributed by atoms with E-state index in [1.54, 1.807) is 6.20 Å². The van der Waals surface area contributed by atoms with Gasteiger partial charge < -0.3 is 4.57 Å². The van der Waals surface area contributed by atoms with Crippen LogP contribution in [0.5, 0.6) is 0 Å². The fourth-order valence-corrected chi connectivity index (χ4v) is 3.90. The van der Waals surface area contributed by atoms with E-state index < -0.39 is 0 Å². The number of carbonyl (C=O) groups is 1. The number of hydrogen-bond acceptors (Lipinski definition) is 5. The van der Waals surface area contributed by atoms with E-state index in [4.69, 9.17) is 0 Å². The van der Waals surface area contributed by atoms with Crippen molar-refractivity contribution < 1.29 is 4.79 Å². The van der Waals surface area contributed by atoms with Crippen molar-refractivity contribution in [3.8, 4) is 11.3 Å². The summed E-state index contributed by atoms with van der Waals surface area (Å²) in [6.07, 6.45) is 3.04. The van der Waals surface area contributed by atoms with Crippen molar-refractivity contribution in [1.82, 2.24) is 19.5 Å². The molecule has 1 amide bonds. The highest BCUT2D eigenvalue weighted by Crippen LogP contribution is 2.30. The quantitative estimate of drug-likeness (QED) is 0.527. The fraction of sp³-hybridized carbons (Fsp3) is 0.182. The van der Waals surface area contributed by atoms with E-state index in [-0.39, 0.29) is 11.6 Å². The molecule has 4 rings (SSSR count). The van der Waals surface area contributed by atoms with Crippen LogP contribution in [-0.2, 0) is 6.54 Å². The summed E-state index contributed by atoms with van der Waals surface area (Å²) in [5.41, 5.74) is 6.55. The van der Waals surface area contributed by atoms with E-state index >= 15 is 0 Å². The molecule has 4 aromatic rings. The van der Waals surface area contributed by atoms with Crippen LogP contribution in [0.2, 0.25) is 0 Å². The lowest BCUT2D eigenvalue weighted by atomic mass is 10.2. The summed E-state index contributed by atoms with van der Waals surface area (Å²) >= 11 is 1.40. The first-order valence-corrected chi connectivity index (χ1v) is 10.2. The van der Waals surface area contributed by atoms with Gasteiger partial charge in [-0.1, -0.05) is 30.3 Å². The molecule has 1 N–H and O–H groups in total. The molecule has 6 nitrogen and oxygen atoms in total. The highest BCUT2D eigenvalue weighted by atomic mass is 32.1. The summed E-state index contributed by atoms with van der Waals surface area (Å²) in [5.74, 6) is -0.312. The Kier molecular flexibility index (Phi) is 5.22. The number of thiazole rings is 1. The summed E-state index contributed by atoms with van der Waals surface area (Å²) in [6, 6.07) is 12.5. The van der Waals surface area contributed by atoms with Gasteiger partial charge in [0.05, 0.1) is 17.6 Å². The third kappa shape index (κ3) is 4.09. The molecule has 0 radical (unpaired) electrons. The monoisotopic (exact) mass is 403 g/mol. The van der Waals surface area contributed by atoms with Gasteiger partial charge in [0.2, 0.25) is 0 Å². The molecule has 0 saturated carbocycles. The second kappa shape index (κ2) is 7.97. The molecule has 0 unspecified atom stereocenters. The summed E-state index contributed by atoms with van der Waals surface area (Å²) in [4.78, 5) is 25.2.